The highest BCUT2D eigenvalue weighted by molar-refractivity contribution is 9.10. The van der Waals surface area contributed by atoms with Crippen molar-refractivity contribution in [3.63, 3.8) is 0 Å². The third-order valence-electron chi connectivity index (χ3n) is 2.48. The Morgan fingerprint density at radius 3 is 2.53 bits per heavy atom. The monoisotopic (exact) mass is 272 g/mol. The molecule has 3 nitrogen and oxygen atoms in total. The Balaban J connectivity index is 2.54. The van der Waals surface area contributed by atoms with Crippen LogP contribution in [0.25, 0.3) is 0 Å². The van der Waals surface area contributed by atoms with Crippen molar-refractivity contribution >= 4 is 15.9 Å². The van der Waals surface area contributed by atoms with E-state index in [2.05, 4.69) is 39.7 Å². The maximum absolute atomic E-state index is 5.61. The summed E-state index contributed by atoms with van der Waals surface area (Å²) in [5.41, 5.74) is 0.00868. The first kappa shape index (κ1) is 12.5. The minimum atomic E-state index is 0.00868. The van der Waals surface area contributed by atoms with E-state index in [1.165, 1.54) is 0 Å². The van der Waals surface area contributed by atoms with Crippen molar-refractivity contribution in [3.05, 3.63) is 22.8 Å². The largest absolute Gasteiger partial charge is 0.476 e. The van der Waals surface area contributed by atoms with E-state index in [1.807, 2.05) is 26.2 Å². The summed E-state index contributed by atoms with van der Waals surface area (Å²) < 4.78 is 6.57. The van der Waals surface area contributed by atoms with Crippen LogP contribution in [0, 0.1) is 0 Å². The van der Waals surface area contributed by atoms with Gasteiger partial charge in [-0.25, -0.2) is 4.98 Å². The van der Waals surface area contributed by atoms with Gasteiger partial charge in [-0.3, -0.25) is 0 Å². The van der Waals surface area contributed by atoms with E-state index < -0.39 is 0 Å². The van der Waals surface area contributed by atoms with Crippen molar-refractivity contribution in [3.8, 4) is 5.88 Å². The normalized spacial score (nSPS) is 11.9. The minimum absolute atomic E-state index is 0.00868. The lowest BCUT2D eigenvalue weighted by Crippen LogP contribution is -2.43. The summed E-state index contributed by atoms with van der Waals surface area (Å²) in [7, 11) is 4.08. The number of nitrogens with zero attached hydrogens (tertiary/aromatic N) is 2. The molecule has 0 saturated heterocycles. The molecule has 0 N–H and O–H groups in total. The Morgan fingerprint density at radius 2 is 2.07 bits per heavy atom. The zero-order valence-electron chi connectivity index (χ0n) is 9.62. The first-order valence-corrected chi connectivity index (χ1v) is 5.63. The smallest absolute Gasteiger partial charge is 0.213 e. The number of likely N-dealkylation sites (N-methyl/N-ethyl adjacent to an activating group) is 1. The van der Waals surface area contributed by atoms with Crippen LogP contribution < -0.4 is 4.74 Å². The maximum Gasteiger partial charge on any atom is 0.213 e. The van der Waals surface area contributed by atoms with Gasteiger partial charge in [-0.15, -0.1) is 0 Å². The number of hydrogen-bond acceptors (Lipinski definition) is 3. The number of halogens is 1. The number of rotatable bonds is 4. The Kier molecular flexibility index (Phi) is 4.11. The zero-order valence-corrected chi connectivity index (χ0v) is 11.2. The van der Waals surface area contributed by atoms with Crippen LogP contribution in [0.4, 0.5) is 0 Å². The second-order valence-corrected chi connectivity index (χ2v) is 5.23. The quantitative estimate of drug-likeness (QED) is 0.843. The van der Waals surface area contributed by atoms with Crippen LogP contribution in [0.1, 0.15) is 13.8 Å². The topological polar surface area (TPSA) is 25.4 Å². The molecule has 0 fully saturated rings. The molecule has 0 radical (unpaired) electrons. The lowest BCUT2D eigenvalue weighted by atomic mass is 10.1. The van der Waals surface area contributed by atoms with Gasteiger partial charge in [-0.05, 0) is 49.9 Å². The maximum atomic E-state index is 5.61. The molecule has 0 spiro atoms. The molecule has 4 heteroatoms. The molecule has 0 atom stereocenters. The van der Waals surface area contributed by atoms with Gasteiger partial charge in [0.15, 0.2) is 0 Å². The van der Waals surface area contributed by atoms with E-state index in [0.29, 0.717) is 12.5 Å². The molecule has 0 aliphatic rings. The van der Waals surface area contributed by atoms with E-state index in [-0.39, 0.29) is 5.54 Å². The standard InChI is InChI=1S/C11H17BrN2O/c1-11(2,14(3)4)8-15-10-6-5-9(12)7-13-10/h5-7H,8H2,1-4H3. The van der Waals surface area contributed by atoms with Crippen LogP contribution in [0.15, 0.2) is 22.8 Å². The van der Waals surface area contributed by atoms with Gasteiger partial charge in [0.05, 0.1) is 0 Å². The molecule has 1 aromatic rings. The van der Waals surface area contributed by atoms with Gasteiger partial charge in [0, 0.05) is 22.3 Å². The number of ether oxygens (including phenoxy) is 1. The first-order valence-electron chi connectivity index (χ1n) is 4.83. The SMILES string of the molecule is CN(C)C(C)(C)COc1ccc(Br)cn1. The summed E-state index contributed by atoms with van der Waals surface area (Å²) in [4.78, 5) is 6.28. The van der Waals surface area contributed by atoms with Crippen molar-refractivity contribution < 1.29 is 4.74 Å². The summed E-state index contributed by atoms with van der Waals surface area (Å²) in [6, 6.07) is 3.78. The highest BCUT2D eigenvalue weighted by Crippen LogP contribution is 2.15. The predicted octanol–water partition coefficient (Wildman–Crippen LogP) is 2.56. The van der Waals surface area contributed by atoms with E-state index >= 15 is 0 Å². The van der Waals surface area contributed by atoms with Crippen molar-refractivity contribution in [2.24, 2.45) is 0 Å². The molecule has 0 unspecified atom stereocenters. The third kappa shape index (κ3) is 3.80. The molecule has 0 aliphatic heterocycles. The second kappa shape index (κ2) is 4.94. The summed E-state index contributed by atoms with van der Waals surface area (Å²) >= 11 is 3.33. The van der Waals surface area contributed by atoms with Gasteiger partial charge in [-0.1, -0.05) is 0 Å². The average Bonchev–Trinajstić information content (AvgIpc) is 2.17. The Bertz CT molecular complexity index is 309. The minimum Gasteiger partial charge on any atom is -0.476 e. The van der Waals surface area contributed by atoms with Crippen molar-refractivity contribution in [2.45, 2.75) is 19.4 Å². The van der Waals surface area contributed by atoms with Crippen LogP contribution in [-0.2, 0) is 0 Å². The molecule has 0 saturated carbocycles. The summed E-state index contributed by atoms with van der Waals surface area (Å²) in [5.74, 6) is 0.660. The molecule has 84 valence electrons. The third-order valence-corrected chi connectivity index (χ3v) is 2.95. The van der Waals surface area contributed by atoms with Crippen molar-refractivity contribution in [1.82, 2.24) is 9.88 Å². The lowest BCUT2D eigenvalue weighted by molar-refractivity contribution is 0.111. The van der Waals surface area contributed by atoms with Crippen LogP contribution in [0.5, 0.6) is 5.88 Å². The second-order valence-electron chi connectivity index (χ2n) is 4.31. The fourth-order valence-electron chi connectivity index (χ4n) is 0.827. The van der Waals surface area contributed by atoms with Crippen LogP contribution in [0.2, 0.25) is 0 Å². The van der Waals surface area contributed by atoms with Gasteiger partial charge in [0.2, 0.25) is 5.88 Å². The van der Waals surface area contributed by atoms with E-state index in [1.54, 1.807) is 6.20 Å². The highest BCUT2D eigenvalue weighted by Gasteiger charge is 2.21. The Labute approximate surface area is 99.6 Å². The molecular formula is C11H17BrN2O. The summed E-state index contributed by atoms with van der Waals surface area (Å²) in [6.45, 7) is 4.88. The number of pyridine rings is 1. The molecule has 1 aromatic heterocycles. The van der Waals surface area contributed by atoms with Gasteiger partial charge in [-0.2, -0.15) is 0 Å². The van der Waals surface area contributed by atoms with E-state index in [4.69, 9.17) is 4.74 Å². The Hall–Kier alpha value is -0.610. The molecule has 1 heterocycles. The molecule has 0 bridgehead atoms. The molecule has 0 aliphatic carbocycles. The lowest BCUT2D eigenvalue weighted by Gasteiger charge is -2.31. The number of aromatic nitrogens is 1. The zero-order chi connectivity index (χ0) is 11.5. The van der Waals surface area contributed by atoms with Gasteiger partial charge < -0.3 is 9.64 Å². The fourth-order valence-corrected chi connectivity index (χ4v) is 1.06. The van der Waals surface area contributed by atoms with Crippen molar-refractivity contribution in [2.75, 3.05) is 20.7 Å². The average molecular weight is 273 g/mol. The van der Waals surface area contributed by atoms with Crippen molar-refractivity contribution in [1.29, 1.82) is 0 Å². The Morgan fingerprint density at radius 1 is 1.40 bits per heavy atom. The fraction of sp³-hybridized carbons (Fsp3) is 0.545. The highest BCUT2D eigenvalue weighted by atomic mass is 79.9. The molecule has 0 aromatic carbocycles. The van der Waals surface area contributed by atoms with E-state index in [0.717, 1.165) is 4.47 Å². The van der Waals surface area contributed by atoms with Gasteiger partial charge in [0.1, 0.15) is 6.61 Å². The summed E-state index contributed by atoms with van der Waals surface area (Å²) in [6.07, 6.45) is 1.73. The molecule has 15 heavy (non-hydrogen) atoms. The number of hydrogen-bond donors (Lipinski definition) is 0. The van der Waals surface area contributed by atoms with Crippen LogP contribution in [-0.4, -0.2) is 36.1 Å². The van der Waals surface area contributed by atoms with E-state index in [9.17, 15) is 0 Å². The molecule has 0 amide bonds. The molecular weight excluding hydrogens is 256 g/mol. The predicted molar refractivity (Wildman–Crippen MR) is 65.2 cm³/mol. The molecule has 1 rings (SSSR count). The first-order chi connectivity index (χ1) is 6.92. The van der Waals surface area contributed by atoms with Crippen LogP contribution >= 0.6 is 15.9 Å². The van der Waals surface area contributed by atoms with Gasteiger partial charge >= 0.3 is 0 Å². The van der Waals surface area contributed by atoms with Gasteiger partial charge in [0.25, 0.3) is 0 Å². The summed E-state index contributed by atoms with van der Waals surface area (Å²) in [5, 5.41) is 0. The van der Waals surface area contributed by atoms with Crippen LogP contribution in [0.3, 0.4) is 0 Å².